The minimum Gasteiger partial charge on any atom is -0.273 e. The smallest absolute Gasteiger partial charge is 0.247 e. The van der Waals surface area contributed by atoms with Crippen LogP contribution in [0.15, 0.2) is 37.4 Å². The predicted molar refractivity (Wildman–Crippen MR) is 105 cm³/mol. The molecule has 3 rings (SSSR count). The number of pyridine rings is 1. The van der Waals surface area contributed by atoms with Crippen LogP contribution in [0.25, 0.3) is 12.2 Å². The van der Waals surface area contributed by atoms with Gasteiger partial charge in [-0.1, -0.05) is 25.3 Å². The molecule has 2 aromatic rings. The summed E-state index contributed by atoms with van der Waals surface area (Å²) in [5.41, 5.74) is 4.72. The lowest BCUT2D eigenvalue weighted by molar-refractivity contribution is -0.115. The molecule has 0 spiro atoms. The van der Waals surface area contributed by atoms with Crippen LogP contribution in [0.1, 0.15) is 34.4 Å². The van der Waals surface area contributed by atoms with Gasteiger partial charge in [0.25, 0.3) is 0 Å². The lowest BCUT2D eigenvalue weighted by Crippen LogP contribution is -2.29. The van der Waals surface area contributed by atoms with E-state index in [-0.39, 0.29) is 23.2 Å². The Labute approximate surface area is 158 Å². The highest BCUT2D eigenvalue weighted by atomic mass is 35.5. The van der Waals surface area contributed by atoms with Crippen LogP contribution in [0.4, 0.5) is 11.5 Å². The SMILES string of the molecule is C=Cc1cc(C#N)c(N(C(=O)CCl)c2ccc3c(c2)CCC3)nc1C=C. The number of hydrogen-bond acceptors (Lipinski definition) is 3. The van der Waals surface area contributed by atoms with Crippen LogP contribution in [-0.4, -0.2) is 16.8 Å². The van der Waals surface area contributed by atoms with Gasteiger partial charge in [-0.15, -0.1) is 11.6 Å². The number of fused-ring (bicyclic) bond motifs is 1. The monoisotopic (exact) mass is 363 g/mol. The molecule has 0 unspecified atom stereocenters. The summed E-state index contributed by atoms with van der Waals surface area (Å²) in [5, 5.41) is 9.59. The van der Waals surface area contributed by atoms with Crippen molar-refractivity contribution in [2.45, 2.75) is 19.3 Å². The van der Waals surface area contributed by atoms with Gasteiger partial charge in [0.1, 0.15) is 11.9 Å². The Morgan fingerprint density at radius 1 is 1.27 bits per heavy atom. The largest absolute Gasteiger partial charge is 0.273 e. The van der Waals surface area contributed by atoms with Crippen molar-refractivity contribution in [1.29, 1.82) is 5.26 Å². The number of carbonyl (C=O) groups excluding carboxylic acids is 1. The molecule has 4 nitrogen and oxygen atoms in total. The zero-order chi connectivity index (χ0) is 18.7. The van der Waals surface area contributed by atoms with Crippen LogP contribution in [-0.2, 0) is 17.6 Å². The van der Waals surface area contributed by atoms with Crippen molar-refractivity contribution in [3.63, 3.8) is 0 Å². The molecule has 0 fully saturated rings. The maximum absolute atomic E-state index is 12.6. The van der Waals surface area contributed by atoms with E-state index in [2.05, 4.69) is 24.2 Å². The van der Waals surface area contributed by atoms with Crippen LogP contribution in [0.5, 0.6) is 0 Å². The highest BCUT2D eigenvalue weighted by molar-refractivity contribution is 6.30. The molecule has 1 heterocycles. The molecule has 0 bridgehead atoms. The first-order valence-electron chi connectivity index (χ1n) is 8.33. The van der Waals surface area contributed by atoms with Crippen molar-refractivity contribution in [2.24, 2.45) is 0 Å². The summed E-state index contributed by atoms with van der Waals surface area (Å²) in [5.74, 6) is -0.289. The summed E-state index contributed by atoms with van der Waals surface area (Å²) < 4.78 is 0. The van der Waals surface area contributed by atoms with Gasteiger partial charge in [-0.05, 0) is 54.7 Å². The molecule has 1 aromatic heterocycles. The Morgan fingerprint density at radius 3 is 2.69 bits per heavy atom. The summed E-state index contributed by atoms with van der Waals surface area (Å²) in [7, 11) is 0. The molecule has 0 N–H and O–H groups in total. The number of carbonyl (C=O) groups is 1. The number of benzene rings is 1. The van der Waals surface area contributed by atoms with Gasteiger partial charge in [0, 0.05) is 5.56 Å². The van der Waals surface area contributed by atoms with Crippen LogP contribution < -0.4 is 4.90 Å². The summed E-state index contributed by atoms with van der Waals surface area (Å²) >= 11 is 5.85. The van der Waals surface area contributed by atoms with E-state index in [0.717, 1.165) is 19.3 Å². The van der Waals surface area contributed by atoms with E-state index in [1.54, 1.807) is 18.2 Å². The van der Waals surface area contributed by atoms with Gasteiger partial charge >= 0.3 is 0 Å². The van der Waals surface area contributed by atoms with Gasteiger partial charge < -0.3 is 0 Å². The molecular weight excluding hydrogens is 346 g/mol. The maximum atomic E-state index is 12.6. The second-order valence-corrected chi connectivity index (χ2v) is 6.29. The Bertz CT molecular complexity index is 943. The number of anilines is 2. The van der Waals surface area contributed by atoms with Crippen molar-refractivity contribution in [3.05, 3.63) is 65.4 Å². The Morgan fingerprint density at radius 2 is 2.04 bits per heavy atom. The number of amides is 1. The number of nitriles is 1. The molecule has 1 aliphatic rings. The molecule has 5 heteroatoms. The minimum absolute atomic E-state index is 0.212. The molecule has 0 saturated heterocycles. The molecule has 1 aliphatic carbocycles. The lowest BCUT2D eigenvalue weighted by Gasteiger charge is -2.23. The van der Waals surface area contributed by atoms with E-state index in [1.165, 1.54) is 16.0 Å². The normalized spacial score (nSPS) is 12.2. The molecule has 0 aliphatic heterocycles. The zero-order valence-electron chi connectivity index (χ0n) is 14.3. The number of halogens is 1. The third-order valence-electron chi connectivity index (χ3n) is 4.51. The second-order valence-electron chi connectivity index (χ2n) is 6.02. The quantitative estimate of drug-likeness (QED) is 0.727. The Hall–Kier alpha value is -2.90. The number of aromatic nitrogens is 1. The van der Waals surface area contributed by atoms with E-state index < -0.39 is 0 Å². The molecule has 0 radical (unpaired) electrons. The zero-order valence-corrected chi connectivity index (χ0v) is 15.1. The molecule has 130 valence electrons. The average Bonchev–Trinajstić information content (AvgIpc) is 3.15. The molecule has 26 heavy (non-hydrogen) atoms. The molecule has 0 atom stereocenters. The maximum Gasteiger partial charge on any atom is 0.247 e. The van der Waals surface area contributed by atoms with E-state index in [4.69, 9.17) is 11.6 Å². The highest BCUT2D eigenvalue weighted by Crippen LogP contribution is 2.33. The van der Waals surface area contributed by atoms with Gasteiger partial charge in [-0.3, -0.25) is 9.69 Å². The number of hydrogen-bond donors (Lipinski definition) is 0. The minimum atomic E-state index is -0.338. The number of rotatable bonds is 5. The van der Waals surface area contributed by atoms with Gasteiger partial charge in [-0.2, -0.15) is 5.26 Å². The highest BCUT2D eigenvalue weighted by Gasteiger charge is 2.24. The van der Waals surface area contributed by atoms with E-state index in [0.29, 0.717) is 16.9 Å². The fraction of sp³-hybridized carbons (Fsp3) is 0.190. The number of aryl methyl sites for hydroxylation is 2. The molecule has 1 aromatic carbocycles. The van der Waals surface area contributed by atoms with Crippen LogP contribution in [0.2, 0.25) is 0 Å². The van der Waals surface area contributed by atoms with Gasteiger partial charge in [0.15, 0.2) is 5.82 Å². The van der Waals surface area contributed by atoms with Crippen molar-refractivity contribution in [2.75, 3.05) is 10.8 Å². The predicted octanol–water partition coefficient (Wildman–Crippen LogP) is 4.63. The van der Waals surface area contributed by atoms with Crippen molar-refractivity contribution in [3.8, 4) is 6.07 Å². The second kappa shape index (κ2) is 7.55. The van der Waals surface area contributed by atoms with Crippen LogP contribution in [0.3, 0.4) is 0 Å². The third-order valence-corrected chi connectivity index (χ3v) is 4.74. The molecular formula is C21H18ClN3O. The van der Waals surface area contributed by atoms with Gasteiger partial charge in [0.2, 0.25) is 5.91 Å². The van der Waals surface area contributed by atoms with Crippen molar-refractivity contribution < 1.29 is 4.79 Å². The first kappa shape index (κ1) is 17.9. The standard InChI is InChI=1S/C21H18ClN3O/c1-3-14-10-17(13-23)21(24-19(14)4-2)25(20(26)12-22)18-9-8-15-6-5-7-16(15)11-18/h3-4,8-11H,1-2,5-7,12H2. The first-order chi connectivity index (χ1) is 12.6. The van der Waals surface area contributed by atoms with Crippen molar-refractivity contribution >= 4 is 41.2 Å². The van der Waals surface area contributed by atoms with E-state index in [1.807, 2.05) is 18.2 Å². The number of alkyl halides is 1. The van der Waals surface area contributed by atoms with Crippen molar-refractivity contribution in [1.82, 2.24) is 4.98 Å². The summed E-state index contributed by atoms with van der Waals surface area (Å²) in [6.45, 7) is 7.50. The lowest BCUT2D eigenvalue weighted by atomic mass is 10.1. The third kappa shape index (κ3) is 3.14. The van der Waals surface area contributed by atoms with E-state index in [9.17, 15) is 10.1 Å². The molecule has 1 amide bonds. The van der Waals surface area contributed by atoms with E-state index >= 15 is 0 Å². The first-order valence-corrected chi connectivity index (χ1v) is 8.87. The summed E-state index contributed by atoms with van der Waals surface area (Å²) in [6, 6.07) is 9.69. The fourth-order valence-corrected chi connectivity index (χ4v) is 3.37. The average molecular weight is 364 g/mol. The molecule has 0 saturated carbocycles. The van der Waals surface area contributed by atoms with Crippen LogP contribution >= 0.6 is 11.6 Å². The summed E-state index contributed by atoms with van der Waals surface area (Å²) in [6.07, 6.45) is 6.33. The summed E-state index contributed by atoms with van der Waals surface area (Å²) in [4.78, 5) is 18.6. The van der Waals surface area contributed by atoms with Gasteiger partial charge in [0.05, 0.1) is 16.9 Å². The van der Waals surface area contributed by atoms with Crippen LogP contribution in [0, 0.1) is 11.3 Å². The topological polar surface area (TPSA) is 57.0 Å². The van der Waals surface area contributed by atoms with Gasteiger partial charge in [-0.25, -0.2) is 4.98 Å². The number of nitrogens with zero attached hydrogens (tertiary/aromatic N) is 3. The Balaban J connectivity index is 2.21. The fourth-order valence-electron chi connectivity index (χ4n) is 3.25. The Kier molecular flexibility index (Phi) is 5.20.